The molecule has 1 rings (SSSR count). The van der Waals surface area contributed by atoms with Crippen molar-refractivity contribution >= 4 is 12.0 Å². The Bertz CT molecular complexity index is 348. The number of aromatic nitrogens is 2. The van der Waals surface area contributed by atoms with Crippen molar-refractivity contribution in [2.24, 2.45) is 0 Å². The van der Waals surface area contributed by atoms with Gasteiger partial charge in [-0.3, -0.25) is 5.32 Å². The van der Waals surface area contributed by atoms with Crippen molar-refractivity contribution in [1.82, 2.24) is 15.5 Å². The van der Waals surface area contributed by atoms with E-state index in [9.17, 15) is 18.0 Å². The van der Waals surface area contributed by atoms with Crippen LogP contribution >= 0.6 is 0 Å². The van der Waals surface area contributed by atoms with E-state index in [2.05, 4.69) is 14.7 Å². The SMILES string of the molecule is Cc1noc(NC(=O)NCC(F)(F)F)n1. The number of nitrogens with one attached hydrogen (secondary N) is 2. The van der Waals surface area contributed by atoms with Crippen molar-refractivity contribution in [2.45, 2.75) is 13.1 Å². The second-order valence-electron chi connectivity index (χ2n) is 2.57. The first-order valence-corrected chi connectivity index (χ1v) is 3.79. The van der Waals surface area contributed by atoms with Gasteiger partial charge in [0.05, 0.1) is 0 Å². The maximum absolute atomic E-state index is 11.7. The van der Waals surface area contributed by atoms with E-state index in [-0.39, 0.29) is 11.8 Å². The van der Waals surface area contributed by atoms with Gasteiger partial charge in [0.2, 0.25) is 0 Å². The van der Waals surface area contributed by atoms with E-state index in [1.54, 1.807) is 5.32 Å². The highest BCUT2D eigenvalue weighted by Crippen LogP contribution is 2.12. The maximum Gasteiger partial charge on any atom is 0.405 e. The Morgan fingerprint density at radius 3 is 2.67 bits per heavy atom. The van der Waals surface area contributed by atoms with E-state index in [1.807, 2.05) is 5.32 Å². The van der Waals surface area contributed by atoms with Gasteiger partial charge in [-0.15, -0.1) is 0 Å². The number of alkyl halides is 3. The summed E-state index contributed by atoms with van der Waals surface area (Å²) < 4.78 is 39.4. The maximum atomic E-state index is 11.7. The molecule has 0 unspecified atom stereocenters. The fourth-order valence-corrected chi connectivity index (χ4v) is 0.670. The van der Waals surface area contributed by atoms with Crippen molar-refractivity contribution in [1.29, 1.82) is 0 Å². The first-order valence-electron chi connectivity index (χ1n) is 3.79. The molecule has 0 fully saturated rings. The third kappa shape index (κ3) is 4.29. The lowest BCUT2D eigenvalue weighted by atomic mass is 10.6. The molecule has 0 atom stereocenters. The zero-order valence-electron chi connectivity index (χ0n) is 7.55. The number of rotatable bonds is 2. The summed E-state index contributed by atoms with van der Waals surface area (Å²) in [5.41, 5.74) is 0. The topological polar surface area (TPSA) is 80.0 Å². The van der Waals surface area contributed by atoms with Crippen molar-refractivity contribution in [3.63, 3.8) is 0 Å². The van der Waals surface area contributed by atoms with Gasteiger partial charge in [-0.1, -0.05) is 5.16 Å². The molecular weight excluding hydrogens is 217 g/mol. The summed E-state index contributed by atoms with van der Waals surface area (Å²) in [5.74, 6) is 0.265. The van der Waals surface area contributed by atoms with Gasteiger partial charge in [0.25, 0.3) is 0 Å². The van der Waals surface area contributed by atoms with Gasteiger partial charge >= 0.3 is 18.2 Å². The Balaban J connectivity index is 2.37. The van der Waals surface area contributed by atoms with Crippen LogP contribution in [0.25, 0.3) is 0 Å². The molecule has 2 amide bonds. The zero-order valence-corrected chi connectivity index (χ0v) is 7.55. The number of halogens is 3. The van der Waals surface area contributed by atoms with Crippen LogP contribution in [0.3, 0.4) is 0 Å². The van der Waals surface area contributed by atoms with E-state index >= 15 is 0 Å². The first-order chi connectivity index (χ1) is 6.87. The average molecular weight is 224 g/mol. The molecule has 1 heterocycles. The molecule has 0 aliphatic rings. The van der Waals surface area contributed by atoms with Crippen LogP contribution in [0.15, 0.2) is 4.52 Å². The predicted octanol–water partition coefficient (Wildman–Crippen LogP) is 1.06. The molecule has 1 aromatic heterocycles. The van der Waals surface area contributed by atoms with Crippen LogP contribution in [0, 0.1) is 6.92 Å². The summed E-state index contributed by atoms with van der Waals surface area (Å²) in [6, 6.07) is -1.32. The van der Waals surface area contributed by atoms with Crippen LogP contribution in [0.4, 0.5) is 24.0 Å². The van der Waals surface area contributed by atoms with Crippen LogP contribution in [-0.2, 0) is 0 Å². The molecule has 0 saturated carbocycles. The minimum atomic E-state index is -4.46. The van der Waals surface area contributed by atoms with Gasteiger partial charge in [-0.05, 0) is 6.92 Å². The molecule has 0 spiro atoms. The van der Waals surface area contributed by atoms with Crippen LogP contribution in [0.1, 0.15) is 5.82 Å². The lowest BCUT2D eigenvalue weighted by Crippen LogP contribution is -2.36. The van der Waals surface area contributed by atoms with E-state index in [4.69, 9.17) is 0 Å². The molecule has 84 valence electrons. The van der Waals surface area contributed by atoms with E-state index < -0.39 is 18.8 Å². The van der Waals surface area contributed by atoms with Crippen LogP contribution < -0.4 is 10.6 Å². The molecule has 0 aliphatic heterocycles. The van der Waals surface area contributed by atoms with Crippen molar-refractivity contribution in [2.75, 3.05) is 11.9 Å². The number of nitrogens with zero attached hydrogens (tertiary/aromatic N) is 2. The monoisotopic (exact) mass is 224 g/mol. The van der Waals surface area contributed by atoms with Crippen molar-refractivity contribution in [3.05, 3.63) is 5.82 Å². The van der Waals surface area contributed by atoms with Gasteiger partial charge < -0.3 is 9.84 Å². The molecule has 6 nitrogen and oxygen atoms in total. The molecule has 0 radical (unpaired) electrons. The molecule has 2 N–H and O–H groups in total. The average Bonchev–Trinajstić information content (AvgIpc) is 2.47. The Morgan fingerprint density at radius 1 is 1.53 bits per heavy atom. The molecule has 0 bridgehead atoms. The Hall–Kier alpha value is -1.80. The number of carbonyl (C=O) groups excluding carboxylic acids is 1. The molecule has 15 heavy (non-hydrogen) atoms. The smallest absolute Gasteiger partial charge is 0.329 e. The molecule has 1 aromatic rings. The van der Waals surface area contributed by atoms with Gasteiger partial charge in [0.1, 0.15) is 6.54 Å². The number of carbonyl (C=O) groups is 1. The van der Waals surface area contributed by atoms with Crippen molar-refractivity contribution in [3.8, 4) is 0 Å². The van der Waals surface area contributed by atoms with Crippen LogP contribution in [-0.4, -0.2) is 28.9 Å². The highest BCUT2D eigenvalue weighted by atomic mass is 19.4. The Labute approximate surface area is 81.8 Å². The quantitative estimate of drug-likeness (QED) is 0.787. The van der Waals surface area contributed by atoms with Gasteiger partial charge in [-0.25, -0.2) is 4.79 Å². The second kappa shape index (κ2) is 4.15. The molecule has 0 aliphatic carbocycles. The minimum Gasteiger partial charge on any atom is -0.329 e. The summed E-state index contributed by atoms with van der Waals surface area (Å²) in [4.78, 5) is 14.4. The number of anilines is 1. The molecule has 9 heteroatoms. The van der Waals surface area contributed by atoms with Gasteiger partial charge in [0, 0.05) is 0 Å². The third-order valence-corrected chi connectivity index (χ3v) is 1.20. The fourth-order valence-electron chi connectivity index (χ4n) is 0.670. The first kappa shape index (κ1) is 11.3. The summed E-state index contributed by atoms with van der Waals surface area (Å²) in [5, 5.41) is 6.85. The highest BCUT2D eigenvalue weighted by Gasteiger charge is 2.27. The Kier molecular flexibility index (Phi) is 3.12. The second-order valence-corrected chi connectivity index (χ2v) is 2.57. The Morgan fingerprint density at radius 2 is 2.20 bits per heavy atom. The summed E-state index contributed by atoms with van der Waals surface area (Å²) in [6.07, 6.45) is -4.46. The number of aryl methyl sites for hydroxylation is 1. The fraction of sp³-hybridized carbons (Fsp3) is 0.500. The van der Waals surface area contributed by atoms with E-state index in [1.165, 1.54) is 6.92 Å². The summed E-state index contributed by atoms with van der Waals surface area (Å²) in [6.45, 7) is 0.0776. The van der Waals surface area contributed by atoms with Crippen LogP contribution in [0.2, 0.25) is 0 Å². The molecule has 0 saturated heterocycles. The van der Waals surface area contributed by atoms with Gasteiger partial charge in [0.15, 0.2) is 5.82 Å². The highest BCUT2D eigenvalue weighted by molar-refractivity contribution is 5.86. The number of hydrogen-bond acceptors (Lipinski definition) is 4. The third-order valence-electron chi connectivity index (χ3n) is 1.20. The minimum absolute atomic E-state index is 0.257. The zero-order chi connectivity index (χ0) is 11.5. The summed E-state index contributed by atoms with van der Waals surface area (Å²) in [7, 11) is 0. The number of hydrogen-bond donors (Lipinski definition) is 2. The lowest BCUT2D eigenvalue weighted by Gasteiger charge is -2.07. The van der Waals surface area contributed by atoms with Crippen molar-refractivity contribution < 1.29 is 22.5 Å². The van der Waals surface area contributed by atoms with Gasteiger partial charge in [-0.2, -0.15) is 18.2 Å². The molecular formula is C6H7F3N4O2. The van der Waals surface area contributed by atoms with Crippen LogP contribution in [0.5, 0.6) is 0 Å². The predicted molar refractivity (Wildman–Crippen MR) is 42.1 cm³/mol. The normalized spacial score (nSPS) is 11.2. The summed E-state index contributed by atoms with van der Waals surface area (Å²) >= 11 is 0. The molecule has 0 aromatic carbocycles. The standard InChI is InChI=1S/C6H7F3N4O2/c1-3-11-5(15-13-3)12-4(14)10-2-6(7,8)9/h2H2,1H3,(H2,10,11,12,13,14). The van der Waals surface area contributed by atoms with E-state index in [0.717, 1.165) is 0 Å². The number of urea groups is 1. The number of amides is 2. The van der Waals surface area contributed by atoms with E-state index in [0.29, 0.717) is 0 Å². The lowest BCUT2D eigenvalue weighted by molar-refractivity contribution is -0.122. The largest absolute Gasteiger partial charge is 0.405 e.